The SMILES string of the molecule is COC(C)C(=O)NC1(CN)CCCC(C)C1. The van der Waals surface area contributed by atoms with Gasteiger partial charge in [-0.1, -0.05) is 19.8 Å². The Labute approximate surface area is 97.9 Å². The van der Waals surface area contributed by atoms with Crippen LogP contribution in [0, 0.1) is 5.92 Å². The molecule has 0 radical (unpaired) electrons. The number of methoxy groups -OCH3 is 1. The quantitative estimate of drug-likeness (QED) is 0.756. The van der Waals surface area contributed by atoms with Crippen LogP contribution in [-0.4, -0.2) is 31.2 Å². The van der Waals surface area contributed by atoms with E-state index in [1.54, 1.807) is 14.0 Å². The summed E-state index contributed by atoms with van der Waals surface area (Å²) < 4.78 is 5.02. The molecule has 0 spiro atoms. The number of carbonyl (C=O) groups excluding carboxylic acids is 1. The molecule has 1 aliphatic carbocycles. The highest BCUT2D eigenvalue weighted by molar-refractivity contribution is 5.81. The van der Waals surface area contributed by atoms with Crippen molar-refractivity contribution in [2.45, 2.75) is 51.2 Å². The van der Waals surface area contributed by atoms with Gasteiger partial charge in [0.15, 0.2) is 0 Å². The Morgan fingerprint density at radius 3 is 2.88 bits per heavy atom. The van der Waals surface area contributed by atoms with Crippen LogP contribution in [0.3, 0.4) is 0 Å². The summed E-state index contributed by atoms with van der Waals surface area (Å²) in [7, 11) is 1.54. The second kappa shape index (κ2) is 5.64. The van der Waals surface area contributed by atoms with E-state index in [1.165, 1.54) is 6.42 Å². The van der Waals surface area contributed by atoms with Crippen molar-refractivity contribution in [2.75, 3.05) is 13.7 Å². The largest absolute Gasteiger partial charge is 0.372 e. The third-order valence-corrected chi connectivity index (χ3v) is 3.59. The Morgan fingerprint density at radius 1 is 1.69 bits per heavy atom. The molecule has 1 aliphatic rings. The van der Waals surface area contributed by atoms with Crippen LogP contribution < -0.4 is 11.1 Å². The van der Waals surface area contributed by atoms with Gasteiger partial charge in [-0.15, -0.1) is 0 Å². The Morgan fingerprint density at radius 2 is 2.38 bits per heavy atom. The molecule has 1 rings (SSSR count). The van der Waals surface area contributed by atoms with Crippen molar-refractivity contribution >= 4 is 5.91 Å². The van der Waals surface area contributed by atoms with Gasteiger partial charge in [0.2, 0.25) is 5.91 Å². The lowest BCUT2D eigenvalue weighted by Gasteiger charge is -2.40. The third-order valence-electron chi connectivity index (χ3n) is 3.59. The molecular formula is C12H24N2O2. The predicted molar refractivity (Wildman–Crippen MR) is 64.0 cm³/mol. The van der Waals surface area contributed by atoms with Gasteiger partial charge in [0, 0.05) is 13.7 Å². The maximum atomic E-state index is 11.8. The first-order valence-corrected chi connectivity index (χ1v) is 6.08. The van der Waals surface area contributed by atoms with Gasteiger partial charge < -0.3 is 15.8 Å². The van der Waals surface area contributed by atoms with Crippen molar-refractivity contribution in [3.05, 3.63) is 0 Å². The molecule has 0 bridgehead atoms. The first-order valence-electron chi connectivity index (χ1n) is 6.08. The minimum atomic E-state index is -0.402. The molecule has 3 N–H and O–H groups in total. The lowest BCUT2D eigenvalue weighted by atomic mass is 9.76. The van der Waals surface area contributed by atoms with Gasteiger partial charge in [0.05, 0.1) is 5.54 Å². The Hall–Kier alpha value is -0.610. The van der Waals surface area contributed by atoms with E-state index in [0.717, 1.165) is 19.3 Å². The van der Waals surface area contributed by atoms with Crippen molar-refractivity contribution in [1.82, 2.24) is 5.32 Å². The lowest BCUT2D eigenvalue weighted by molar-refractivity contribution is -0.132. The fourth-order valence-electron chi connectivity index (χ4n) is 2.48. The topological polar surface area (TPSA) is 64.3 Å². The number of hydrogen-bond acceptors (Lipinski definition) is 3. The van der Waals surface area contributed by atoms with E-state index in [0.29, 0.717) is 12.5 Å². The number of nitrogens with two attached hydrogens (primary N) is 1. The molecule has 0 aromatic carbocycles. The Bertz CT molecular complexity index is 245. The first kappa shape index (κ1) is 13.5. The van der Waals surface area contributed by atoms with Crippen molar-refractivity contribution in [1.29, 1.82) is 0 Å². The van der Waals surface area contributed by atoms with Crippen LogP contribution in [0.2, 0.25) is 0 Å². The highest BCUT2D eigenvalue weighted by atomic mass is 16.5. The van der Waals surface area contributed by atoms with E-state index in [1.807, 2.05) is 0 Å². The van der Waals surface area contributed by atoms with Gasteiger partial charge in [-0.25, -0.2) is 0 Å². The molecular weight excluding hydrogens is 204 g/mol. The van der Waals surface area contributed by atoms with Crippen LogP contribution in [0.15, 0.2) is 0 Å². The molecule has 1 saturated carbocycles. The second-order valence-electron chi connectivity index (χ2n) is 5.05. The molecule has 3 unspecified atom stereocenters. The second-order valence-corrected chi connectivity index (χ2v) is 5.05. The van der Waals surface area contributed by atoms with Crippen molar-refractivity contribution in [3.8, 4) is 0 Å². The summed E-state index contributed by atoms with van der Waals surface area (Å²) in [5.41, 5.74) is 5.63. The van der Waals surface area contributed by atoms with E-state index < -0.39 is 6.10 Å². The fraction of sp³-hybridized carbons (Fsp3) is 0.917. The minimum Gasteiger partial charge on any atom is -0.372 e. The molecule has 0 aromatic rings. The number of nitrogens with one attached hydrogen (secondary N) is 1. The predicted octanol–water partition coefficient (Wildman–Crippen LogP) is 1.05. The molecule has 1 fully saturated rings. The highest BCUT2D eigenvalue weighted by Gasteiger charge is 2.35. The van der Waals surface area contributed by atoms with E-state index >= 15 is 0 Å². The van der Waals surface area contributed by atoms with Gasteiger partial charge >= 0.3 is 0 Å². The summed E-state index contributed by atoms with van der Waals surface area (Å²) in [5.74, 6) is 0.581. The first-order chi connectivity index (χ1) is 7.53. The third kappa shape index (κ3) is 3.19. The highest BCUT2D eigenvalue weighted by Crippen LogP contribution is 2.31. The molecule has 3 atom stereocenters. The minimum absolute atomic E-state index is 0.0537. The molecule has 0 aromatic heterocycles. The van der Waals surface area contributed by atoms with Gasteiger partial charge in [0.1, 0.15) is 6.10 Å². The van der Waals surface area contributed by atoms with E-state index in [4.69, 9.17) is 10.5 Å². The van der Waals surface area contributed by atoms with Gasteiger partial charge in [-0.2, -0.15) is 0 Å². The van der Waals surface area contributed by atoms with Crippen LogP contribution in [-0.2, 0) is 9.53 Å². The number of carbonyl (C=O) groups is 1. The average Bonchev–Trinajstić information content (AvgIpc) is 2.27. The maximum Gasteiger partial charge on any atom is 0.249 e. The van der Waals surface area contributed by atoms with Crippen molar-refractivity contribution in [2.24, 2.45) is 11.7 Å². The summed E-state index contributed by atoms with van der Waals surface area (Å²) in [5, 5.41) is 3.07. The summed E-state index contributed by atoms with van der Waals surface area (Å²) in [4.78, 5) is 11.8. The number of hydrogen-bond donors (Lipinski definition) is 2. The van der Waals surface area contributed by atoms with E-state index in [-0.39, 0.29) is 11.4 Å². The van der Waals surface area contributed by atoms with Crippen LogP contribution >= 0.6 is 0 Å². The molecule has 16 heavy (non-hydrogen) atoms. The van der Waals surface area contributed by atoms with E-state index in [2.05, 4.69) is 12.2 Å². The monoisotopic (exact) mass is 228 g/mol. The molecule has 0 aliphatic heterocycles. The molecule has 4 heteroatoms. The smallest absolute Gasteiger partial charge is 0.249 e. The zero-order chi connectivity index (χ0) is 12.2. The fourth-order valence-corrected chi connectivity index (χ4v) is 2.48. The van der Waals surface area contributed by atoms with E-state index in [9.17, 15) is 4.79 Å². The average molecular weight is 228 g/mol. The van der Waals surface area contributed by atoms with Crippen LogP contribution in [0.1, 0.15) is 39.5 Å². The standard InChI is InChI=1S/C12H24N2O2/c1-9-5-4-6-12(7-9,8-13)14-11(15)10(2)16-3/h9-10H,4-8,13H2,1-3H3,(H,14,15). The van der Waals surface area contributed by atoms with Gasteiger partial charge in [0.25, 0.3) is 0 Å². The zero-order valence-electron chi connectivity index (χ0n) is 10.6. The number of ether oxygens (including phenoxy) is 1. The number of rotatable bonds is 4. The molecule has 0 heterocycles. The lowest BCUT2D eigenvalue weighted by Crippen LogP contribution is -2.57. The maximum absolute atomic E-state index is 11.8. The molecule has 94 valence electrons. The molecule has 1 amide bonds. The summed E-state index contributed by atoms with van der Waals surface area (Å²) in [6.45, 7) is 4.49. The van der Waals surface area contributed by atoms with Crippen molar-refractivity contribution < 1.29 is 9.53 Å². The van der Waals surface area contributed by atoms with Crippen molar-refractivity contribution in [3.63, 3.8) is 0 Å². The molecule has 4 nitrogen and oxygen atoms in total. The molecule has 0 saturated heterocycles. The van der Waals surface area contributed by atoms with Gasteiger partial charge in [-0.3, -0.25) is 4.79 Å². The van der Waals surface area contributed by atoms with Gasteiger partial charge in [-0.05, 0) is 25.7 Å². The summed E-state index contributed by atoms with van der Waals surface area (Å²) in [6, 6.07) is 0. The van der Waals surface area contributed by atoms with Crippen LogP contribution in [0.5, 0.6) is 0 Å². The van der Waals surface area contributed by atoms with Crippen LogP contribution in [0.25, 0.3) is 0 Å². The van der Waals surface area contributed by atoms with Crippen LogP contribution in [0.4, 0.5) is 0 Å². The Balaban J connectivity index is 2.62. The summed E-state index contributed by atoms with van der Waals surface area (Å²) >= 11 is 0. The summed E-state index contributed by atoms with van der Waals surface area (Å²) in [6.07, 6.45) is 3.93. The Kier molecular flexibility index (Phi) is 4.74. The normalized spacial score (nSPS) is 32.1. The zero-order valence-corrected chi connectivity index (χ0v) is 10.6. The number of amides is 1.